The molecule has 0 bridgehead atoms. The van der Waals surface area contributed by atoms with Gasteiger partial charge in [-0.1, -0.05) is 15.9 Å². The lowest BCUT2D eigenvalue weighted by molar-refractivity contribution is 0.0165. The number of hydrogen-bond acceptors (Lipinski definition) is 5. The Kier molecular flexibility index (Phi) is 6.76. The third kappa shape index (κ3) is 6.53. The molecule has 6 nitrogen and oxygen atoms in total. The fraction of sp³-hybridized carbons (Fsp3) is 0.588. The number of carbonyl (C=O) groups is 1. The van der Waals surface area contributed by atoms with Crippen molar-refractivity contribution >= 4 is 34.6 Å². The van der Waals surface area contributed by atoms with E-state index in [-0.39, 0.29) is 6.09 Å². The van der Waals surface area contributed by atoms with Gasteiger partial charge in [0.25, 0.3) is 0 Å². The van der Waals surface area contributed by atoms with E-state index in [1.54, 1.807) is 23.1 Å². The Labute approximate surface area is 157 Å². The van der Waals surface area contributed by atoms with Crippen molar-refractivity contribution in [2.24, 2.45) is 5.92 Å². The van der Waals surface area contributed by atoms with Crippen molar-refractivity contribution in [3.8, 4) is 5.75 Å². The van der Waals surface area contributed by atoms with E-state index in [1.807, 2.05) is 20.8 Å². The molecule has 0 saturated carbocycles. The molecule has 0 atom stereocenters. The van der Waals surface area contributed by atoms with Crippen molar-refractivity contribution in [3.63, 3.8) is 0 Å². The van der Waals surface area contributed by atoms with Gasteiger partial charge in [-0.3, -0.25) is 0 Å². The lowest BCUT2D eigenvalue weighted by Crippen LogP contribution is -2.42. The van der Waals surface area contributed by atoms with Crippen molar-refractivity contribution in [3.05, 3.63) is 22.7 Å². The molecule has 138 valence electrons. The average Bonchev–Trinajstić information content (AvgIpc) is 2.51. The molecule has 0 spiro atoms. The van der Waals surface area contributed by atoms with Crippen LogP contribution in [0.4, 0.5) is 4.79 Å². The number of piperidine rings is 1. The summed E-state index contributed by atoms with van der Waals surface area (Å²) in [6.07, 6.45) is 1.44. The third-order valence-electron chi connectivity index (χ3n) is 3.94. The molecule has 25 heavy (non-hydrogen) atoms. The molecule has 1 aromatic carbocycles. The molecule has 1 amide bonds. The van der Waals surface area contributed by atoms with Crippen LogP contribution in [0.2, 0.25) is 0 Å². The zero-order valence-corrected chi connectivity index (χ0v) is 16.5. The van der Waals surface area contributed by atoms with Gasteiger partial charge >= 0.3 is 13.2 Å². The summed E-state index contributed by atoms with van der Waals surface area (Å²) in [6.45, 7) is 7.42. The van der Waals surface area contributed by atoms with Gasteiger partial charge in [-0.15, -0.1) is 0 Å². The smallest absolute Gasteiger partial charge is 0.488 e. The van der Waals surface area contributed by atoms with Crippen LogP contribution in [-0.4, -0.2) is 53.5 Å². The van der Waals surface area contributed by atoms with E-state index in [9.17, 15) is 14.8 Å². The molecule has 1 aromatic rings. The van der Waals surface area contributed by atoms with E-state index in [2.05, 4.69) is 15.9 Å². The Morgan fingerprint density at radius 2 is 1.92 bits per heavy atom. The second-order valence-corrected chi connectivity index (χ2v) is 8.23. The zero-order valence-electron chi connectivity index (χ0n) is 14.9. The predicted molar refractivity (Wildman–Crippen MR) is 100.0 cm³/mol. The van der Waals surface area contributed by atoms with E-state index in [0.29, 0.717) is 36.8 Å². The van der Waals surface area contributed by atoms with Gasteiger partial charge in [-0.25, -0.2) is 4.79 Å². The highest BCUT2D eigenvalue weighted by Gasteiger charge is 2.27. The van der Waals surface area contributed by atoms with Crippen molar-refractivity contribution in [1.29, 1.82) is 0 Å². The predicted octanol–water partition coefficient (Wildman–Crippen LogP) is 2.15. The van der Waals surface area contributed by atoms with Gasteiger partial charge in [0, 0.05) is 17.6 Å². The Hall–Kier alpha value is -1.25. The van der Waals surface area contributed by atoms with Crippen LogP contribution in [0, 0.1) is 5.92 Å². The molecule has 0 unspecified atom stereocenters. The summed E-state index contributed by atoms with van der Waals surface area (Å²) in [7, 11) is -1.53. The quantitative estimate of drug-likeness (QED) is 0.739. The summed E-state index contributed by atoms with van der Waals surface area (Å²) in [5.74, 6) is 0.937. The largest absolute Gasteiger partial charge is 0.493 e. The highest BCUT2D eigenvalue weighted by atomic mass is 79.9. The lowest BCUT2D eigenvalue weighted by atomic mass is 9.80. The number of carbonyl (C=O) groups excluding carboxylic acids is 1. The second kappa shape index (κ2) is 8.42. The number of benzene rings is 1. The maximum Gasteiger partial charge on any atom is 0.488 e. The molecule has 0 aliphatic carbocycles. The fourth-order valence-electron chi connectivity index (χ4n) is 2.64. The number of halogens is 1. The van der Waals surface area contributed by atoms with Gasteiger partial charge in [-0.2, -0.15) is 0 Å². The number of ether oxygens (including phenoxy) is 2. The minimum Gasteiger partial charge on any atom is -0.493 e. The molecule has 1 fully saturated rings. The van der Waals surface area contributed by atoms with Crippen LogP contribution in [-0.2, 0) is 4.74 Å². The molecular formula is C17H25BBrNO5. The van der Waals surface area contributed by atoms with E-state index < -0.39 is 12.7 Å². The molecule has 1 aliphatic rings. The maximum atomic E-state index is 12.1. The van der Waals surface area contributed by atoms with Crippen LogP contribution in [0.3, 0.4) is 0 Å². The Morgan fingerprint density at radius 3 is 2.48 bits per heavy atom. The molecule has 1 heterocycles. The van der Waals surface area contributed by atoms with E-state index in [4.69, 9.17) is 9.47 Å². The number of rotatable bonds is 4. The topological polar surface area (TPSA) is 79.2 Å². The van der Waals surface area contributed by atoms with Crippen LogP contribution in [0.15, 0.2) is 22.7 Å². The van der Waals surface area contributed by atoms with Crippen LogP contribution < -0.4 is 10.2 Å². The van der Waals surface area contributed by atoms with E-state index in [1.165, 1.54) is 0 Å². The number of amides is 1. The monoisotopic (exact) mass is 413 g/mol. The number of likely N-dealkylation sites (tertiary alicyclic amines) is 1. The SMILES string of the molecule is CC(C)(C)OC(=O)N1CCC(COc2cc(Br)cc(B(O)O)c2)CC1. The van der Waals surface area contributed by atoms with Crippen LogP contribution >= 0.6 is 15.9 Å². The third-order valence-corrected chi connectivity index (χ3v) is 4.40. The standard InChI is InChI=1S/C17H25BBrNO5/c1-17(2,3)25-16(21)20-6-4-12(5-7-20)11-24-15-9-13(18(22)23)8-14(19)10-15/h8-10,12,22-23H,4-7,11H2,1-3H3. The first-order chi connectivity index (χ1) is 11.6. The van der Waals surface area contributed by atoms with Gasteiger partial charge in [0.15, 0.2) is 0 Å². The second-order valence-electron chi connectivity index (χ2n) is 7.32. The first kappa shape index (κ1) is 20.1. The molecular weight excluding hydrogens is 389 g/mol. The first-order valence-corrected chi connectivity index (χ1v) is 9.21. The summed E-state index contributed by atoms with van der Waals surface area (Å²) >= 11 is 3.33. The first-order valence-electron chi connectivity index (χ1n) is 8.41. The maximum absolute atomic E-state index is 12.1. The van der Waals surface area contributed by atoms with Crippen molar-refractivity contribution < 1.29 is 24.3 Å². The van der Waals surface area contributed by atoms with E-state index in [0.717, 1.165) is 17.3 Å². The summed E-state index contributed by atoms with van der Waals surface area (Å²) < 4.78 is 11.9. The van der Waals surface area contributed by atoms with E-state index >= 15 is 0 Å². The molecule has 0 aromatic heterocycles. The molecule has 2 N–H and O–H groups in total. The molecule has 1 saturated heterocycles. The summed E-state index contributed by atoms with van der Waals surface area (Å²) in [5.41, 5.74) is -0.101. The highest BCUT2D eigenvalue weighted by Crippen LogP contribution is 2.22. The summed E-state index contributed by atoms with van der Waals surface area (Å²) in [5, 5.41) is 18.6. The Balaban J connectivity index is 1.82. The minimum atomic E-state index is -1.53. The molecule has 1 aliphatic heterocycles. The van der Waals surface area contributed by atoms with Crippen LogP contribution in [0.25, 0.3) is 0 Å². The lowest BCUT2D eigenvalue weighted by Gasteiger charge is -2.33. The van der Waals surface area contributed by atoms with Crippen molar-refractivity contribution in [2.75, 3.05) is 19.7 Å². The number of hydrogen-bond donors (Lipinski definition) is 2. The molecule has 0 radical (unpaired) electrons. The number of nitrogens with zero attached hydrogens (tertiary/aromatic N) is 1. The van der Waals surface area contributed by atoms with Gasteiger partial charge in [-0.05, 0) is 63.2 Å². The molecule has 2 rings (SSSR count). The summed E-state index contributed by atoms with van der Waals surface area (Å²) in [4.78, 5) is 13.8. The fourth-order valence-corrected chi connectivity index (χ4v) is 3.13. The Morgan fingerprint density at radius 1 is 1.28 bits per heavy atom. The van der Waals surface area contributed by atoms with Gasteiger partial charge in [0.05, 0.1) is 6.61 Å². The van der Waals surface area contributed by atoms with Gasteiger partial charge in [0.2, 0.25) is 0 Å². The van der Waals surface area contributed by atoms with Gasteiger partial charge in [0.1, 0.15) is 11.4 Å². The minimum absolute atomic E-state index is 0.263. The summed E-state index contributed by atoms with van der Waals surface area (Å²) in [6, 6.07) is 5.05. The van der Waals surface area contributed by atoms with Crippen LogP contribution in [0.1, 0.15) is 33.6 Å². The average molecular weight is 414 g/mol. The Bertz CT molecular complexity index is 597. The molecule has 8 heteroatoms. The highest BCUT2D eigenvalue weighted by molar-refractivity contribution is 9.10. The zero-order chi connectivity index (χ0) is 18.6. The van der Waals surface area contributed by atoms with Crippen molar-refractivity contribution in [2.45, 2.75) is 39.2 Å². The van der Waals surface area contributed by atoms with Gasteiger partial charge < -0.3 is 24.4 Å². The van der Waals surface area contributed by atoms with Crippen LogP contribution in [0.5, 0.6) is 5.75 Å². The van der Waals surface area contributed by atoms with Crippen molar-refractivity contribution in [1.82, 2.24) is 4.90 Å². The normalized spacial score (nSPS) is 15.8.